The van der Waals surface area contributed by atoms with Crippen molar-refractivity contribution in [2.24, 2.45) is 17.6 Å². The maximum absolute atomic E-state index is 12.2. The van der Waals surface area contributed by atoms with Gasteiger partial charge in [-0.3, -0.25) is 4.79 Å². The number of benzene rings is 1. The van der Waals surface area contributed by atoms with Crippen molar-refractivity contribution in [1.29, 1.82) is 0 Å². The zero-order valence-electron chi connectivity index (χ0n) is 12.2. The van der Waals surface area contributed by atoms with E-state index in [2.05, 4.69) is 19.2 Å². The number of hydrogen-bond donors (Lipinski definition) is 3. The second-order valence-corrected chi connectivity index (χ2v) is 5.53. The Kier molecular flexibility index (Phi) is 5.36. The molecule has 106 valence electrons. The van der Waals surface area contributed by atoms with Gasteiger partial charge in [0.1, 0.15) is 5.75 Å². The number of hydrogen-bond acceptors (Lipinski definition) is 3. The van der Waals surface area contributed by atoms with Crippen molar-refractivity contribution in [3.63, 3.8) is 0 Å². The van der Waals surface area contributed by atoms with Crippen LogP contribution in [0.2, 0.25) is 0 Å². The van der Waals surface area contributed by atoms with Gasteiger partial charge in [0.25, 0.3) is 0 Å². The molecule has 0 saturated carbocycles. The molecule has 0 aliphatic rings. The van der Waals surface area contributed by atoms with Gasteiger partial charge in [0.2, 0.25) is 5.91 Å². The number of aryl methyl sites for hydroxylation is 2. The molecule has 4 nitrogen and oxygen atoms in total. The first kappa shape index (κ1) is 15.5. The van der Waals surface area contributed by atoms with E-state index in [1.54, 1.807) is 6.07 Å². The van der Waals surface area contributed by atoms with Crippen LogP contribution in [-0.4, -0.2) is 17.6 Å². The van der Waals surface area contributed by atoms with E-state index >= 15 is 0 Å². The van der Waals surface area contributed by atoms with Gasteiger partial charge in [-0.05, 0) is 43.4 Å². The molecule has 1 amide bonds. The standard InChI is InChI=1S/C15H24N2O2/c1-9(2)5-12(8-16)15(19)17-13-7-10(3)6-11(4)14(13)18/h6-7,9,12,18H,5,8,16H2,1-4H3,(H,17,19). The van der Waals surface area contributed by atoms with Crippen LogP contribution >= 0.6 is 0 Å². The smallest absolute Gasteiger partial charge is 0.228 e. The molecule has 0 saturated heterocycles. The predicted molar refractivity (Wildman–Crippen MR) is 78.2 cm³/mol. The SMILES string of the molecule is Cc1cc(C)c(O)c(NC(=O)C(CN)CC(C)C)c1. The van der Waals surface area contributed by atoms with Gasteiger partial charge in [-0.1, -0.05) is 19.9 Å². The van der Waals surface area contributed by atoms with Crippen molar-refractivity contribution >= 4 is 11.6 Å². The highest BCUT2D eigenvalue weighted by atomic mass is 16.3. The molecule has 0 radical (unpaired) electrons. The van der Waals surface area contributed by atoms with Gasteiger partial charge < -0.3 is 16.2 Å². The number of amides is 1. The molecule has 1 aromatic carbocycles. The van der Waals surface area contributed by atoms with E-state index in [4.69, 9.17) is 5.73 Å². The summed E-state index contributed by atoms with van der Waals surface area (Å²) in [6.07, 6.45) is 0.744. The van der Waals surface area contributed by atoms with Crippen LogP contribution in [0.4, 0.5) is 5.69 Å². The molecule has 1 unspecified atom stereocenters. The van der Waals surface area contributed by atoms with Crippen LogP contribution in [0.15, 0.2) is 12.1 Å². The van der Waals surface area contributed by atoms with Gasteiger partial charge in [-0.2, -0.15) is 0 Å². The monoisotopic (exact) mass is 264 g/mol. The Hall–Kier alpha value is -1.55. The summed E-state index contributed by atoms with van der Waals surface area (Å²) in [5.74, 6) is 0.183. The van der Waals surface area contributed by atoms with Gasteiger partial charge in [0.05, 0.1) is 11.6 Å². The van der Waals surface area contributed by atoms with Crippen molar-refractivity contribution in [2.45, 2.75) is 34.1 Å². The topological polar surface area (TPSA) is 75.3 Å². The molecule has 4 heteroatoms. The Balaban J connectivity index is 2.86. The van der Waals surface area contributed by atoms with Crippen LogP contribution in [0.25, 0.3) is 0 Å². The summed E-state index contributed by atoms with van der Waals surface area (Å²) < 4.78 is 0. The molecule has 1 rings (SSSR count). The lowest BCUT2D eigenvalue weighted by Crippen LogP contribution is -2.30. The molecule has 0 heterocycles. The quantitative estimate of drug-likeness (QED) is 0.715. The molecular weight excluding hydrogens is 240 g/mol. The van der Waals surface area contributed by atoms with Gasteiger partial charge >= 0.3 is 0 Å². The summed E-state index contributed by atoms with van der Waals surface area (Å²) in [6.45, 7) is 8.17. The number of carbonyl (C=O) groups excluding carboxylic acids is 1. The number of anilines is 1. The van der Waals surface area contributed by atoms with Gasteiger partial charge in [-0.15, -0.1) is 0 Å². The number of phenols is 1. The molecule has 0 aliphatic carbocycles. The van der Waals surface area contributed by atoms with Gasteiger partial charge in [-0.25, -0.2) is 0 Å². The third-order valence-electron chi connectivity index (χ3n) is 3.11. The molecule has 1 atom stereocenters. The number of aromatic hydroxyl groups is 1. The summed E-state index contributed by atoms with van der Waals surface area (Å²) >= 11 is 0. The Bertz CT molecular complexity index is 456. The van der Waals surface area contributed by atoms with E-state index in [0.717, 1.165) is 17.5 Å². The van der Waals surface area contributed by atoms with Crippen LogP contribution < -0.4 is 11.1 Å². The van der Waals surface area contributed by atoms with Crippen LogP contribution in [0.5, 0.6) is 5.75 Å². The van der Waals surface area contributed by atoms with E-state index in [1.807, 2.05) is 19.9 Å². The molecule has 4 N–H and O–H groups in total. The number of nitrogens with two attached hydrogens (primary N) is 1. The second kappa shape index (κ2) is 6.57. The zero-order valence-corrected chi connectivity index (χ0v) is 12.2. The van der Waals surface area contributed by atoms with Crippen LogP contribution in [0.1, 0.15) is 31.4 Å². The second-order valence-electron chi connectivity index (χ2n) is 5.53. The highest BCUT2D eigenvalue weighted by Gasteiger charge is 2.19. The lowest BCUT2D eigenvalue weighted by atomic mass is 9.96. The van der Waals surface area contributed by atoms with E-state index in [9.17, 15) is 9.90 Å². The predicted octanol–water partition coefficient (Wildman–Crippen LogP) is 2.57. The molecule has 0 fully saturated rings. The van der Waals surface area contributed by atoms with Crippen molar-refractivity contribution < 1.29 is 9.90 Å². The normalized spacial score (nSPS) is 12.5. The summed E-state index contributed by atoms with van der Waals surface area (Å²) in [7, 11) is 0. The summed E-state index contributed by atoms with van der Waals surface area (Å²) in [6, 6.07) is 3.64. The first-order chi connectivity index (χ1) is 8.85. The first-order valence-corrected chi connectivity index (χ1v) is 6.66. The molecular formula is C15H24N2O2. The van der Waals surface area contributed by atoms with E-state index < -0.39 is 0 Å². The number of nitrogens with one attached hydrogen (secondary N) is 1. The Morgan fingerprint density at radius 2 is 2.00 bits per heavy atom. The molecule has 0 spiro atoms. The van der Waals surface area contributed by atoms with Crippen molar-refractivity contribution in [1.82, 2.24) is 0 Å². The average Bonchev–Trinajstić information content (AvgIpc) is 2.31. The minimum Gasteiger partial charge on any atom is -0.505 e. The van der Waals surface area contributed by atoms with E-state index in [1.165, 1.54) is 0 Å². The minimum absolute atomic E-state index is 0.124. The molecule has 19 heavy (non-hydrogen) atoms. The van der Waals surface area contributed by atoms with E-state index in [0.29, 0.717) is 18.2 Å². The Morgan fingerprint density at radius 1 is 1.37 bits per heavy atom. The third-order valence-corrected chi connectivity index (χ3v) is 3.11. The first-order valence-electron chi connectivity index (χ1n) is 6.66. The highest BCUT2D eigenvalue weighted by Crippen LogP contribution is 2.29. The number of rotatable bonds is 5. The molecule has 0 aliphatic heterocycles. The fourth-order valence-electron chi connectivity index (χ4n) is 2.17. The molecule has 0 bridgehead atoms. The lowest BCUT2D eigenvalue weighted by Gasteiger charge is -2.18. The summed E-state index contributed by atoms with van der Waals surface area (Å²) in [5.41, 5.74) is 7.86. The molecule has 1 aromatic rings. The van der Waals surface area contributed by atoms with E-state index in [-0.39, 0.29) is 17.6 Å². The van der Waals surface area contributed by atoms with Crippen LogP contribution in [0.3, 0.4) is 0 Å². The Labute approximate surface area is 115 Å². The zero-order chi connectivity index (χ0) is 14.6. The maximum atomic E-state index is 12.2. The van der Waals surface area contributed by atoms with Crippen molar-refractivity contribution in [3.8, 4) is 5.75 Å². The fraction of sp³-hybridized carbons (Fsp3) is 0.533. The minimum atomic E-state index is -0.222. The number of phenolic OH excluding ortho intramolecular Hbond substituents is 1. The highest BCUT2D eigenvalue weighted by molar-refractivity contribution is 5.94. The van der Waals surface area contributed by atoms with Gasteiger partial charge in [0.15, 0.2) is 0 Å². The largest absolute Gasteiger partial charge is 0.505 e. The number of carbonyl (C=O) groups is 1. The van der Waals surface area contributed by atoms with Gasteiger partial charge in [0, 0.05) is 6.54 Å². The van der Waals surface area contributed by atoms with Crippen LogP contribution in [0, 0.1) is 25.7 Å². The maximum Gasteiger partial charge on any atom is 0.228 e. The third kappa shape index (κ3) is 4.24. The van der Waals surface area contributed by atoms with Crippen LogP contribution in [-0.2, 0) is 4.79 Å². The van der Waals surface area contributed by atoms with Crippen molar-refractivity contribution in [3.05, 3.63) is 23.3 Å². The lowest BCUT2D eigenvalue weighted by molar-refractivity contribution is -0.120. The van der Waals surface area contributed by atoms with Crippen molar-refractivity contribution in [2.75, 3.05) is 11.9 Å². The molecule has 0 aromatic heterocycles. The Morgan fingerprint density at radius 3 is 2.53 bits per heavy atom. The average molecular weight is 264 g/mol. The summed E-state index contributed by atoms with van der Waals surface area (Å²) in [5, 5.41) is 12.7. The summed E-state index contributed by atoms with van der Waals surface area (Å²) in [4.78, 5) is 12.2. The fourth-order valence-corrected chi connectivity index (χ4v) is 2.17.